The summed E-state index contributed by atoms with van der Waals surface area (Å²) in [6, 6.07) is 0.897. The molecule has 3 aliphatic rings. The smallest absolute Gasteiger partial charge is 0.111 e. The summed E-state index contributed by atoms with van der Waals surface area (Å²) >= 11 is 0. The van der Waals surface area contributed by atoms with Gasteiger partial charge >= 0.3 is 0 Å². The minimum atomic E-state index is -0.00762. The number of imidazole rings is 1. The van der Waals surface area contributed by atoms with Crippen LogP contribution in [0.5, 0.6) is 0 Å². The highest BCUT2D eigenvalue weighted by Gasteiger charge is 2.32. The fraction of sp³-hybridized carbons (Fsp3) is 0.857. The average Bonchev–Trinajstić information content (AvgIpc) is 3.26. The monoisotopic (exact) mass is 345 g/mol. The standard InChI is InChI=1S/C21H35N3O/c1-21(2)15-18(9-14-25-21)20-22-10-13-24(20)16-17-7-11-23(12-8-17)19-5-3-4-6-19/h10,13,17-19H,3-9,11-12,14-16H2,1-2H3/t18-/m0/s1. The molecule has 1 atom stereocenters. The van der Waals surface area contributed by atoms with Crippen LogP contribution in [0.1, 0.15) is 77.0 Å². The Morgan fingerprint density at radius 1 is 1.12 bits per heavy atom. The number of hydrogen-bond acceptors (Lipinski definition) is 3. The van der Waals surface area contributed by atoms with Crippen molar-refractivity contribution in [1.29, 1.82) is 0 Å². The highest BCUT2D eigenvalue weighted by atomic mass is 16.5. The van der Waals surface area contributed by atoms with Gasteiger partial charge in [-0.2, -0.15) is 0 Å². The minimum Gasteiger partial charge on any atom is -0.376 e. The van der Waals surface area contributed by atoms with E-state index in [1.807, 2.05) is 6.20 Å². The molecule has 0 aromatic carbocycles. The molecule has 140 valence electrons. The van der Waals surface area contributed by atoms with Gasteiger partial charge in [0.05, 0.1) is 5.60 Å². The molecule has 4 heteroatoms. The van der Waals surface area contributed by atoms with Crippen molar-refractivity contribution in [3.05, 3.63) is 18.2 Å². The van der Waals surface area contributed by atoms with Crippen LogP contribution in [-0.4, -0.2) is 45.8 Å². The highest BCUT2D eigenvalue weighted by Crippen LogP contribution is 2.35. The first kappa shape index (κ1) is 17.5. The third kappa shape index (κ3) is 4.11. The molecule has 1 saturated carbocycles. The van der Waals surface area contributed by atoms with Crippen LogP contribution in [0.25, 0.3) is 0 Å². The summed E-state index contributed by atoms with van der Waals surface area (Å²) in [7, 11) is 0. The van der Waals surface area contributed by atoms with Gasteiger partial charge in [0.25, 0.3) is 0 Å². The first-order chi connectivity index (χ1) is 12.1. The van der Waals surface area contributed by atoms with E-state index in [9.17, 15) is 0 Å². The van der Waals surface area contributed by atoms with Gasteiger partial charge in [-0.05, 0) is 71.4 Å². The second-order valence-electron chi connectivity index (χ2n) is 9.15. The van der Waals surface area contributed by atoms with E-state index in [0.29, 0.717) is 5.92 Å². The van der Waals surface area contributed by atoms with Crippen molar-refractivity contribution in [2.75, 3.05) is 19.7 Å². The van der Waals surface area contributed by atoms with Crippen molar-refractivity contribution in [2.24, 2.45) is 5.92 Å². The third-order valence-corrected chi connectivity index (χ3v) is 6.76. The number of piperidine rings is 1. The minimum absolute atomic E-state index is 0.00762. The molecule has 0 amide bonds. The number of hydrogen-bond donors (Lipinski definition) is 0. The quantitative estimate of drug-likeness (QED) is 0.819. The molecule has 0 spiro atoms. The van der Waals surface area contributed by atoms with Crippen LogP contribution in [0.3, 0.4) is 0 Å². The Bertz CT molecular complexity index is 553. The predicted octanol–water partition coefficient (Wildman–Crippen LogP) is 4.21. The maximum Gasteiger partial charge on any atom is 0.111 e. The molecule has 1 aliphatic carbocycles. The lowest BCUT2D eigenvalue weighted by Crippen LogP contribution is -2.41. The first-order valence-electron chi connectivity index (χ1n) is 10.5. The second-order valence-corrected chi connectivity index (χ2v) is 9.15. The fourth-order valence-corrected chi connectivity index (χ4v) is 5.34. The Labute approximate surface area is 152 Å². The van der Waals surface area contributed by atoms with Crippen molar-refractivity contribution in [3.63, 3.8) is 0 Å². The zero-order valence-electron chi connectivity index (χ0n) is 16.1. The molecule has 2 saturated heterocycles. The Morgan fingerprint density at radius 2 is 1.88 bits per heavy atom. The van der Waals surface area contributed by atoms with Crippen molar-refractivity contribution in [1.82, 2.24) is 14.5 Å². The molecule has 0 bridgehead atoms. The Hall–Kier alpha value is -0.870. The third-order valence-electron chi connectivity index (χ3n) is 6.76. The normalized spacial score (nSPS) is 29.3. The molecule has 0 N–H and O–H groups in total. The number of nitrogens with zero attached hydrogens (tertiary/aromatic N) is 3. The highest BCUT2D eigenvalue weighted by molar-refractivity contribution is 5.04. The number of ether oxygens (including phenoxy) is 1. The first-order valence-corrected chi connectivity index (χ1v) is 10.5. The summed E-state index contributed by atoms with van der Waals surface area (Å²) in [5, 5.41) is 0. The van der Waals surface area contributed by atoms with Gasteiger partial charge in [0.1, 0.15) is 5.82 Å². The largest absolute Gasteiger partial charge is 0.376 e. The lowest BCUT2D eigenvalue weighted by atomic mass is 9.87. The molecule has 1 aromatic rings. The van der Waals surface area contributed by atoms with E-state index in [1.165, 1.54) is 57.4 Å². The van der Waals surface area contributed by atoms with Crippen molar-refractivity contribution in [3.8, 4) is 0 Å². The molecular weight excluding hydrogens is 310 g/mol. The van der Waals surface area contributed by atoms with E-state index in [4.69, 9.17) is 9.72 Å². The van der Waals surface area contributed by atoms with Crippen LogP contribution in [0.2, 0.25) is 0 Å². The van der Waals surface area contributed by atoms with E-state index in [2.05, 4.69) is 29.5 Å². The van der Waals surface area contributed by atoms with Gasteiger partial charge in [0, 0.05) is 37.5 Å². The lowest BCUT2D eigenvalue weighted by molar-refractivity contribution is -0.0607. The van der Waals surface area contributed by atoms with Gasteiger partial charge in [0.2, 0.25) is 0 Å². The van der Waals surface area contributed by atoms with Crippen LogP contribution in [-0.2, 0) is 11.3 Å². The second kappa shape index (κ2) is 7.40. The molecule has 4 nitrogen and oxygen atoms in total. The van der Waals surface area contributed by atoms with E-state index in [-0.39, 0.29) is 5.60 Å². The van der Waals surface area contributed by atoms with E-state index < -0.39 is 0 Å². The molecule has 3 heterocycles. The Kier molecular flexibility index (Phi) is 5.19. The molecular formula is C21H35N3O. The topological polar surface area (TPSA) is 30.3 Å². The van der Waals surface area contributed by atoms with Crippen molar-refractivity contribution in [2.45, 2.75) is 89.3 Å². The number of rotatable bonds is 4. The molecule has 3 fully saturated rings. The van der Waals surface area contributed by atoms with Gasteiger partial charge in [-0.3, -0.25) is 0 Å². The van der Waals surface area contributed by atoms with Crippen LogP contribution in [0.4, 0.5) is 0 Å². The summed E-state index contributed by atoms with van der Waals surface area (Å²) in [6.07, 6.45) is 14.9. The van der Waals surface area contributed by atoms with Gasteiger partial charge in [-0.15, -0.1) is 0 Å². The summed E-state index contributed by atoms with van der Waals surface area (Å²) in [5.74, 6) is 2.67. The van der Waals surface area contributed by atoms with Crippen LogP contribution in [0.15, 0.2) is 12.4 Å². The summed E-state index contributed by atoms with van der Waals surface area (Å²) in [4.78, 5) is 7.52. The lowest BCUT2D eigenvalue weighted by Gasteiger charge is -2.37. The molecule has 0 unspecified atom stereocenters. The SMILES string of the molecule is CC1(C)C[C@@H](c2nccn2CC2CCN(C3CCCC3)CC2)CCO1. The molecule has 0 radical (unpaired) electrons. The van der Waals surface area contributed by atoms with Gasteiger partial charge in [-0.1, -0.05) is 12.8 Å². The van der Waals surface area contributed by atoms with E-state index >= 15 is 0 Å². The Morgan fingerprint density at radius 3 is 2.60 bits per heavy atom. The number of likely N-dealkylation sites (tertiary alicyclic amines) is 1. The average molecular weight is 346 g/mol. The van der Waals surface area contributed by atoms with Crippen molar-refractivity contribution >= 4 is 0 Å². The maximum absolute atomic E-state index is 5.90. The van der Waals surface area contributed by atoms with Gasteiger partial charge in [-0.25, -0.2) is 4.98 Å². The van der Waals surface area contributed by atoms with Gasteiger partial charge in [0.15, 0.2) is 0 Å². The zero-order chi connectivity index (χ0) is 17.3. The van der Waals surface area contributed by atoms with Crippen LogP contribution in [0, 0.1) is 5.92 Å². The van der Waals surface area contributed by atoms with Crippen LogP contribution < -0.4 is 0 Å². The summed E-state index contributed by atoms with van der Waals surface area (Å²) in [5.41, 5.74) is -0.00762. The van der Waals surface area contributed by atoms with E-state index in [1.54, 1.807) is 0 Å². The summed E-state index contributed by atoms with van der Waals surface area (Å²) < 4.78 is 8.36. The van der Waals surface area contributed by atoms with Crippen LogP contribution >= 0.6 is 0 Å². The van der Waals surface area contributed by atoms with E-state index in [0.717, 1.165) is 38.0 Å². The predicted molar refractivity (Wildman–Crippen MR) is 101 cm³/mol. The number of aromatic nitrogens is 2. The Balaban J connectivity index is 1.34. The molecule has 2 aliphatic heterocycles. The summed E-state index contributed by atoms with van der Waals surface area (Å²) in [6.45, 7) is 9.07. The zero-order valence-corrected chi connectivity index (χ0v) is 16.1. The molecule has 25 heavy (non-hydrogen) atoms. The fourth-order valence-electron chi connectivity index (χ4n) is 5.34. The van der Waals surface area contributed by atoms with Gasteiger partial charge < -0.3 is 14.2 Å². The molecule has 1 aromatic heterocycles. The molecule has 4 rings (SSSR count). The maximum atomic E-state index is 5.90. The van der Waals surface area contributed by atoms with Crippen molar-refractivity contribution < 1.29 is 4.74 Å².